The summed E-state index contributed by atoms with van der Waals surface area (Å²) in [6, 6.07) is 0.659. The van der Waals surface area contributed by atoms with E-state index in [9.17, 15) is 0 Å². The SMILES string of the molecule is CCCc1nc(N(C)C2CCSC2)sc1CN. The highest BCUT2D eigenvalue weighted by Gasteiger charge is 2.23. The molecule has 0 aliphatic carbocycles. The van der Waals surface area contributed by atoms with Gasteiger partial charge in [0.1, 0.15) is 0 Å². The lowest BCUT2D eigenvalue weighted by atomic mass is 10.2. The third-order valence-corrected chi connectivity index (χ3v) is 5.55. The summed E-state index contributed by atoms with van der Waals surface area (Å²) < 4.78 is 0. The van der Waals surface area contributed by atoms with Crippen LogP contribution in [0.4, 0.5) is 5.13 Å². The van der Waals surface area contributed by atoms with Crippen LogP contribution in [0.2, 0.25) is 0 Å². The van der Waals surface area contributed by atoms with Crippen molar-refractivity contribution in [1.29, 1.82) is 0 Å². The second-order valence-electron chi connectivity index (χ2n) is 4.45. The van der Waals surface area contributed by atoms with Crippen LogP contribution in [0.3, 0.4) is 0 Å². The fraction of sp³-hybridized carbons (Fsp3) is 0.750. The molecule has 1 saturated heterocycles. The van der Waals surface area contributed by atoms with Crippen molar-refractivity contribution in [3.63, 3.8) is 0 Å². The van der Waals surface area contributed by atoms with Gasteiger partial charge in [-0.2, -0.15) is 11.8 Å². The molecule has 5 heteroatoms. The molecule has 0 radical (unpaired) electrons. The molecule has 1 aliphatic heterocycles. The molecule has 1 fully saturated rings. The van der Waals surface area contributed by atoms with Crippen LogP contribution < -0.4 is 10.6 Å². The summed E-state index contributed by atoms with van der Waals surface area (Å²) in [7, 11) is 2.17. The molecule has 0 aromatic carbocycles. The highest BCUT2D eigenvalue weighted by atomic mass is 32.2. The van der Waals surface area contributed by atoms with Crippen molar-refractivity contribution >= 4 is 28.2 Å². The topological polar surface area (TPSA) is 42.2 Å². The molecule has 1 unspecified atom stereocenters. The van der Waals surface area contributed by atoms with Gasteiger partial charge in [-0.05, 0) is 18.6 Å². The molecular formula is C12H21N3S2. The fourth-order valence-corrected chi connectivity index (χ4v) is 4.38. The Labute approximate surface area is 112 Å². The third-order valence-electron chi connectivity index (χ3n) is 3.19. The Bertz CT molecular complexity index is 359. The number of nitrogens with zero attached hydrogens (tertiary/aromatic N) is 2. The number of rotatable bonds is 5. The Morgan fingerprint density at radius 3 is 2.94 bits per heavy atom. The maximum atomic E-state index is 5.80. The van der Waals surface area contributed by atoms with Crippen molar-refractivity contribution in [2.45, 2.75) is 38.8 Å². The molecule has 3 nitrogen and oxygen atoms in total. The quantitative estimate of drug-likeness (QED) is 0.893. The Kier molecular flexibility index (Phi) is 4.70. The predicted molar refractivity (Wildman–Crippen MR) is 78.1 cm³/mol. The monoisotopic (exact) mass is 271 g/mol. The van der Waals surface area contributed by atoms with Crippen LogP contribution in [0.1, 0.15) is 30.3 Å². The molecule has 96 valence electrons. The minimum atomic E-state index is 0.625. The van der Waals surface area contributed by atoms with E-state index >= 15 is 0 Å². The van der Waals surface area contributed by atoms with Gasteiger partial charge in [-0.15, -0.1) is 11.3 Å². The molecule has 2 heterocycles. The number of aryl methyl sites for hydroxylation is 1. The Morgan fingerprint density at radius 1 is 1.53 bits per heavy atom. The first-order valence-corrected chi connectivity index (χ1v) is 8.22. The van der Waals surface area contributed by atoms with Gasteiger partial charge < -0.3 is 10.6 Å². The van der Waals surface area contributed by atoms with Crippen molar-refractivity contribution in [1.82, 2.24) is 4.98 Å². The molecule has 1 aromatic rings. The van der Waals surface area contributed by atoms with Gasteiger partial charge in [-0.3, -0.25) is 0 Å². The molecule has 0 spiro atoms. The second-order valence-corrected chi connectivity index (χ2v) is 6.66. The highest BCUT2D eigenvalue weighted by Crippen LogP contribution is 2.31. The molecular weight excluding hydrogens is 250 g/mol. The first-order chi connectivity index (χ1) is 8.26. The lowest BCUT2D eigenvalue weighted by Gasteiger charge is -2.22. The van der Waals surface area contributed by atoms with Gasteiger partial charge in [-0.1, -0.05) is 13.3 Å². The van der Waals surface area contributed by atoms with Crippen LogP contribution in [0, 0.1) is 0 Å². The Morgan fingerprint density at radius 2 is 2.35 bits per heavy atom. The average molecular weight is 271 g/mol. The van der Waals surface area contributed by atoms with Crippen molar-refractivity contribution in [2.75, 3.05) is 23.5 Å². The molecule has 1 atom stereocenters. The number of thiazole rings is 1. The van der Waals surface area contributed by atoms with Crippen LogP contribution in [0.25, 0.3) is 0 Å². The normalized spacial score (nSPS) is 19.8. The molecule has 2 N–H and O–H groups in total. The van der Waals surface area contributed by atoms with Gasteiger partial charge in [0.15, 0.2) is 5.13 Å². The van der Waals surface area contributed by atoms with Crippen molar-refractivity contribution in [2.24, 2.45) is 5.73 Å². The zero-order valence-corrected chi connectivity index (χ0v) is 12.2. The van der Waals surface area contributed by atoms with E-state index in [1.807, 2.05) is 11.8 Å². The van der Waals surface area contributed by atoms with Gasteiger partial charge in [0.25, 0.3) is 0 Å². The lowest BCUT2D eigenvalue weighted by Crippen LogP contribution is -2.31. The van der Waals surface area contributed by atoms with Crippen molar-refractivity contribution in [3.8, 4) is 0 Å². The van der Waals surface area contributed by atoms with E-state index in [2.05, 4.69) is 18.9 Å². The molecule has 2 rings (SSSR count). The van der Waals surface area contributed by atoms with Gasteiger partial charge >= 0.3 is 0 Å². The van der Waals surface area contributed by atoms with Crippen LogP contribution in [-0.4, -0.2) is 29.6 Å². The minimum absolute atomic E-state index is 0.625. The molecule has 17 heavy (non-hydrogen) atoms. The minimum Gasteiger partial charge on any atom is -0.347 e. The summed E-state index contributed by atoms with van der Waals surface area (Å²) in [6.07, 6.45) is 3.47. The fourth-order valence-electron chi connectivity index (χ4n) is 2.10. The van der Waals surface area contributed by atoms with Crippen molar-refractivity contribution < 1.29 is 0 Å². The smallest absolute Gasteiger partial charge is 0.185 e. The standard InChI is InChI=1S/C12H21N3S2/c1-3-4-10-11(7-13)17-12(14-10)15(2)9-5-6-16-8-9/h9H,3-8,13H2,1-2H3. The number of aromatic nitrogens is 1. The van der Waals surface area contributed by atoms with Crippen LogP contribution in [0.5, 0.6) is 0 Å². The van der Waals surface area contributed by atoms with E-state index in [0.29, 0.717) is 12.6 Å². The van der Waals surface area contributed by atoms with Crippen LogP contribution in [0.15, 0.2) is 0 Å². The first kappa shape index (κ1) is 13.2. The second kappa shape index (κ2) is 6.07. The summed E-state index contributed by atoms with van der Waals surface area (Å²) in [6.45, 7) is 2.82. The number of nitrogens with two attached hydrogens (primary N) is 1. The summed E-state index contributed by atoms with van der Waals surface area (Å²) in [5.41, 5.74) is 7.01. The predicted octanol–water partition coefficient (Wildman–Crippen LogP) is 2.50. The third kappa shape index (κ3) is 2.95. The van der Waals surface area contributed by atoms with E-state index in [0.717, 1.165) is 18.0 Å². The number of thioether (sulfide) groups is 1. The molecule has 1 aromatic heterocycles. The highest BCUT2D eigenvalue weighted by molar-refractivity contribution is 7.99. The lowest BCUT2D eigenvalue weighted by molar-refractivity contribution is 0.696. The summed E-state index contributed by atoms with van der Waals surface area (Å²) in [4.78, 5) is 8.38. The van der Waals surface area contributed by atoms with Gasteiger partial charge in [0.2, 0.25) is 0 Å². The molecule has 0 saturated carbocycles. The Hall–Kier alpha value is -0.260. The van der Waals surface area contributed by atoms with Crippen molar-refractivity contribution in [3.05, 3.63) is 10.6 Å². The van der Waals surface area contributed by atoms with Gasteiger partial charge in [0.05, 0.1) is 5.69 Å². The Balaban J connectivity index is 2.14. The van der Waals surface area contributed by atoms with Gasteiger partial charge in [-0.25, -0.2) is 4.98 Å². The largest absolute Gasteiger partial charge is 0.347 e. The van der Waals surface area contributed by atoms with E-state index in [4.69, 9.17) is 10.7 Å². The number of hydrogen-bond acceptors (Lipinski definition) is 5. The first-order valence-electron chi connectivity index (χ1n) is 6.25. The average Bonchev–Trinajstić information content (AvgIpc) is 2.97. The number of hydrogen-bond donors (Lipinski definition) is 1. The summed E-state index contributed by atoms with van der Waals surface area (Å²) in [5.74, 6) is 2.52. The molecule has 0 amide bonds. The maximum absolute atomic E-state index is 5.80. The number of anilines is 1. The van der Waals surface area contributed by atoms with E-state index in [1.165, 1.54) is 28.5 Å². The molecule has 1 aliphatic rings. The van der Waals surface area contributed by atoms with Crippen LogP contribution >= 0.6 is 23.1 Å². The maximum Gasteiger partial charge on any atom is 0.185 e. The van der Waals surface area contributed by atoms with E-state index < -0.39 is 0 Å². The molecule has 0 bridgehead atoms. The van der Waals surface area contributed by atoms with E-state index in [-0.39, 0.29) is 0 Å². The van der Waals surface area contributed by atoms with E-state index in [1.54, 1.807) is 11.3 Å². The zero-order chi connectivity index (χ0) is 12.3. The zero-order valence-electron chi connectivity index (χ0n) is 10.6. The summed E-state index contributed by atoms with van der Waals surface area (Å²) in [5, 5.41) is 1.15. The summed E-state index contributed by atoms with van der Waals surface area (Å²) >= 11 is 3.82. The van der Waals surface area contributed by atoms with Crippen LogP contribution in [-0.2, 0) is 13.0 Å². The van der Waals surface area contributed by atoms with Gasteiger partial charge in [0, 0.05) is 30.3 Å².